The van der Waals surface area contributed by atoms with Crippen molar-refractivity contribution < 1.29 is 14.3 Å². The lowest BCUT2D eigenvalue weighted by atomic mass is 10.0. The number of aromatic nitrogens is 1. The molecule has 1 fully saturated rings. The van der Waals surface area contributed by atoms with E-state index in [0.29, 0.717) is 23.0 Å². The molecule has 120 valence electrons. The van der Waals surface area contributed by atoms with E-state index >= 15 is 0 Å². The molecule has 0 saturated heterocycles. The summed E-state index contributed by atoms with van der Waals surface area (Å²) in [5, 5.41) is 2.96. The molecule has 3 rings (SSSR count). The number of nitrogens with zero attached hydrogens (tertiary/aromatic N) is 1. The molecular weight excluding hydrogens is 292 g/mol. The molecule has 23 heavy (non-hydrogen) atoms. The summed E-state index contributed by atoms with van der Waals surface area (Å²) in [6.45, 7) is 0.737. The lowest BCUT2D eigenvalue weighted by Gasteiger charge is -2.13. The van der Waals surface area contributed by atoms with Gasteiger partial charge in [-0.25, -0.2) is 0 Å². The van der Waals surface area contributed by atoms with E-state index in [9.17, 15) is 4.79 Å². The summed E-state index contributed by atoms with van der Waals surface area (Å²) in [6.07, 6.45) is 5.69. The first kappa shape index (κ1) is 15.3. The Morgan fingerprint density at radius 3 is 2.52 bits per heavy atom. The molecule has 1 heterocycles. The fourth-order valence-electron chi connectivity index (χ4n) is 2.50. The van der Waals surface area contributed by atoms with Crippen molar-refractivity contribution in [2.24, 2.45) is 5.92 Å². The van der Waals surface area contributed by atoms with Crippen molar-refractivity contribution in [2.45, 2.75) is 12.8 Å². The van der Waals surface area contributed by atoms with Crippen molar-refractivity contribution in [3.63, 3.8) is 0 Å². The number of ether oxygens (including phenoxy) is 2. The van der Waals surface area contributed by atoms with Crippen molar-refractivity contribution in [2.75, 3.05) is 20.8 Å². The molecule has 1 aliphatic carbocycles. The van der Waals surface area contributed by atoms with Crippen LogP contribution >= 0.6 is 0 Å². The first-order valence-corrected chi connectivity index (χ1v) is 7.67. The fraction of sp³-hybridized carbons (Fsp3) is 0.333. The van der Waals surface area contributed by atoms with Crippen molar-refractivity contribution in [1.82, 2.24) is 10.3 Å². The van der Waals surface area contributed by atoms with Crippen LogP contribution in [0.2, 0.25) is 0 Å². The van der Waals surface area contributed by atoms with Crippen molar-refractivity contribution in [3.8, 4) is 22.6 Å². The van der Waals surface area contributed by atoms with Gasteiger partial charge in [-0.05, 0) is 37.0 Å². The number of carbonyl (C=O) groups is 1. The lowest BCUT2D eigenvalue weighted by Crippen LogP contribution is -2.25. The first-order valence-electron chi connectivity index (χ1n) is 7.67. The van der Waals surface area contributed by atoms with E-state index in [2.05, 4.69) is 10.3 Å². The van der Waals surface area contributed by atoms with Crippen molar-refractivity contribution in [1.29, 1.82) is 0 Å². The predicted molar refractivity (Wildman–Crippen MR) is 87.8 cm³/mol. The summed E-state index contributed by atoms with van der Waals surface area (Å²) in [5.74, 6) is 1.91. The molecule has 1 saturated carbocycles. The number of pyridine rings is 1. The monoisotopic (exact) mass is 312 g/mol. The largest absolute Gasteiger partial charge is 0.496 e. The normalized spacial score (nSPS) is 13.5. The third-order valence-corrected chi connectivity index (χ3v) is 3.97. The minimum absolute atomic E-state index is 0.0971. The highest BCUT2D eigenvalue weighted by atomic mass is 16.5. The van der Waals surface area contributed by atoms with Gasteiger partial charge in [-0.3, -0.25) is 9.78 Å². The Hall–Kier alpha value is -2.56. The standard InChI is InChI=1S/C18H20N2O3/c1-22-15-4-3-5-16(23-2)17(15)13-8-14(11-19-10-13)18(21)20-9-12-6-7-12/h3-5,8,10-12H,6-7,9H2,1-2H3,(H,20,21). The zero-order valence-corrected chi connectivity index (χ0v) is 13.3. The fourth-order valence-corrected chi connectivity index (χ4v) is 2.50. The van der Waals surface area contributed by atoms with E-state index < -0.39 is 0 Å². The van der Waals surface area contributed by atoms with E-state index in [1.165, 1.54) is 12.8 Å². The summed E-state index contributed by atoms with van der Waals surface area (Å²) in [6, 6.07) is 7.39. The van der Waals surface area contributed by atoms with Crippen LogP contribution in [0.3, 0.4) is 0 Å². The minimum Gasteiger partial charge on any atom is -0.496 e. The van der Waals surface area contributed by atoms with Crippen LogP contribution in [0.15, 0.2) is 36.7 Å². The van der Waals surface area contributed by atoms with Gasteiger partial charge in [-0.15, -0.1) is 0 Å². The summed E-state index contributed by atoms with van der Waals surface area (Å²) >= 11 is 0. The quantitative estimate of drug-likeness (QED) is 0.891. The maximum atomic E-state index is 12.3. The maximum absolute atomic E-state index is 12.3. The number of hydrogen-bond acceptors (Lipinski definition) is 4. The van der Waals surface area contributed by atoms with Crippen LogP contribution in [0.25, 0.3) is 11.1 Å². The molecule has 0 radical (unpaired) electrons. The number of benzene rings is 1. The van der Waals surface area contributed by atoms with Crippen LogP contribution in [0.1, 0.15) is 23.2 Å². The molecule has 1 aromatic heterocycles. The number of nitrogens with one attached hydrogen (secondary N) is 1. The molecule has 5 heteroatoms. The Morgan fingerprint density at radius 1 is 1.22 bits per heavy atom. The number of carbonyl (C=O) groups excluding carboxylic acids is 1. The molecule has 0 aliphatic heterocycles. The Labute approximate surface area is 135 Å². The Kier molecular flexibility index (Phi) is 4.46. The van der Waals surface area contributed by atoms with E-state index in [0.717, 1.165) is 17.7 Å². The Balaban J connectivity index is 1.91. The van der Waals surface area contributed by atoms with E-state index in [-0.39, 0.29) is 5.91 Å². The summed E-state index contributed by atoms with van der Waals surface area (Å²) in [4.78, 5) is 16.5. The van der Waals surface area contributed by atoms with Gasteiger partial charge in [0, 0.05) is 24.5 Å². The van der Waals surface area contributed by atoms with E-state index in [1.807, 2.05) is 24.3 Å². The molecule has 1 amide bonds. The SMILES string of the molecule is COc1cccc(OC)c1-c1cncc(C(=O)NCC2CC2)c1. The summed E-state index contributed by atoms with van der Waals surface area (Å²) in [7, 11) is 3.22. The third kappa shape index (κ3) is 3.44. The smallest absolute Gasteiger partial charge is 0.252 e. The second-order valence-corrected chi connectivity index (χ2v) is 5.65. The molecule has 0 atom stereocenters. The van der Waals surface area contributed by atoms with Crippen molar-refractivity contribution in [3.05, 3.63) is 42.2 Å². The molecule has 0 bridgehead atoms. The zero-order valence-electron chi connectivity index (χ0n) is 13.3. The van der Waals surface area contributed by atoms with Gasteiger partial charge in [0.05, 0.1) is 25.3 Å². The van der Waals surface area contributed by atoms with Gasteiger partial charge in [0.25, 0.3) is 5.91 Å². The Morgan fingerprint density at radius 2 is 1.91 bits per heavy atom. The van der Waals surface area contributed by atoms with Crippen molar-refractivity contribution >= 4 is 5.91 Å². The van der Waals surface area contributed by atoms with E-state index in [1.54, 1.807) is 26.6 Å². The zero-order chi connectivity index (χ0) is 16.2. The number of rotatable bonds is 6. The second-order valence-electron chi connectivity index (χ2n) is 5.65. The molecular formula is C18H20N2O3. The minimum atomic E-state index is -0.0971. The highest BCUT2D eigenvalue weighted by Gasteiger charge is 2.22. The molecule has 5 nitrogen and oxygen atoms in total. The summed E-state index contributed by atoms with van der Waals surface area (Å²) < 4.78 is 10.8. The predicted octanol–water partition coefficient (Wildman–Crippen LogP) is 2.91. The molecule has 0 spiro atoms. The molecule has 0 unspecified atom stereocenters. The molecule has 2 aromatic rings. The van der Waals surface area contributed by atoms with Crippen LogP contribution in [0.5, 0.6) is 11.5 Å². The van der Waals surface area contributed by atoms with Gasteiger partial charge in [-0.1, -0.05) is 6.07 Å². The highest BCUT2D eigenvalue weighted by Crippen LogP contribution is 2.38. The van der Waals surface area contributed by atoms with Gasteiger partial charge < -0.3 is 14.8 Å². The summed E-state index contributed by atoms with van der Waals surface area (Å²) in [5.41, 5.74) is 2.12. The molecule has 1 aliphatic rings. The lowest BCUT2D eigenvalue weighted by molar-refractivity contribution is 0.0951. The second kappa shape index (κ2) is 6.69. The highest BCUT2D eigenvalue weighted by molar-refractivity contribution is 5.95. The third-order valence-electron chi connectivity index (χ3n) is 3.97. The number of hydrogen-bond donors (Lipinski definition) is 1. The van der Waals surface area contributed by atoms with Crippen LogP contribution in [-0.2, 0) is 0 Å². The topological polar surface area (TPSA) is 60.5 Å². The molecule has 1 aromatic carbocycles. The van der Waals surface area contributed by atoms with Gasteiger partial charge in [0.2, 0.25) is 0 Å². The Bertz CT molecular complexity index is 689. The number of amides is 1. The van der Waals surface area contributed by atoms with E-state index in [4.69, 9.17) is 9.47 Å². The first-order chi connectivity index (χ1) is 11.2. The van der Waals surface area contributed by atoms with Gasteiger partial charge in [-0.2, -0.15) is 0 Å². The molecule has 1 N–H and O–H groups in total. The van der Waals surface area contributed by atoms with Gasteiger partial charge in [0.1, 0.15) is 11.5 Å². The average Bonchev–Trinajstić information content (AvgIpc) is 3.43. The maximum Gasteiger partial charge on any atom is 0.252 e. The van der Waals surface area contributed by atoms with Crippen LogP contribution in [-0.4, -0.2) is 31.7 Å². The van der Waals surface area contributed by atoms with Gasteiger partial charge in [0.15, 0.2) is 0 Å². The van der Waals surface area contributed by atoms with Gasteiger partial charge >= 0.3 is 0 Å². The average molecular weight is 312 g/mol. The van der Waals surface area contributed by atoms with Crippen LogP contribution < -0.4 is 14.8 Å². The van der Waals surface area contributed by atoms with Crippen LogP contribution in [0.4, 0.5) is 0 Å². The van der Waals surface area contributed by atoms with Crippen LogP contribution in [0, 0.1) is 5.92 Å². The number of methoxy groups -OCH3 is 2.